The van der Waals surface area contributed by atoms with Crippen LogP contribution in [-0.2, 0) is 9.59 Å². The monoisotopic (exact) mass is 240 g/mol. The van der Waals surface area contributed by atoms with Crippen molar-refractivity contribution in [3.63, 3.8) is 0 Å². The molecule has 0 aromatic rings. The van der Waals surface area contributed by atoms with Gasteiger partial charge in [0.2, 0.25) is 5.91 Å². The van der Waals surface area contributed by atoms with E-state index < -0.39 is 5.97 Å². The van der Waals surface area contributed by atoms with Crippen molar-refractivity contribution in [2.75, 3.05) is 26.2 Å². The average molecular weight is 240 g/mol. The van der Waals surface area contributed by atoms with E-state index in [4.69, 9.17) is 5.11 Å². The van der Waals surface area contributed by atoms with Crippen molar-refractivity contribution >= 4 is 11.9 Å². The fourth-order valence-corrected chi connectivity index (χ4v) is 2.19. The zero-order chi connectivity index (χ0) is 12.3. The van der Waals surface area contributed by atoms with E-state index in [1.54, 1.807) is 4.90 Å². The third kappa shape index (κ3) is 3.70. The lowest BCUT2D eigenvalue weighted by Crippen LogP contribution is -2.44. The molecule has 5 nitrogen and oxygen atoms in total. The van der Waals surface area contributed by atoms with Gasteiger partial charge >= 0.3 is 5.97 Å². The van der Waals surface area contributed by atoms with Crippen molar-refractivity contribution in [3.05, 3.63) is 0 Å². The molecule has 2 N–H and O–H groups in total. The van der Waals surface area contributed by atoms with Crippen LogP contribution in [0.5, 0.6) is 0 Å². The molecule has 1 saturated carbocycles. The average Bonchev–Trinajstić information content (AvgIpc) is 3.13. The summed E-state index contributed by atoms with van der Waals surface area (Å²) < 4.78 is 0. The molecule has 1 aliphatic heterocycles. The molecule has 2 fully saturated rings. The number of carboxylic acid groups (broad SMARTS) is 1. The van der Waals surface area contributed by atoms with E-state index in [1.165, 1.54) is 12.8 Å². The van der Waals surface area contributed by atoms with Crippen LogP contribution < -0.4 is 5.32 Å². The minimum atomic E-state index is -0.732. The molecule has 0 spiro atoms. The number of aliphatic carboxylic acids is 1. The second-order valence-corrected chi connectivity index (χ2v) is 5.07. The second kappa shape index (κ2) is 5.49. The van der Waals surface area contributed by atoms with Gasteiger partial charge in [-0.25, -0.2) is 0 Å². The summed E-state index contributed by atoms with van der Waals surface area (Å²) in [6, 6.07) is 0. The van der Waals surface area contributed by atoms with Gasteiger partial charge in [0.05, 0.1) is 12.5 Å². The third-order valence-electron chi connectivity index (χ3n) is 3.60. The maximum absolute atomic E-state index is 11.8. The topological polar surface area (TPSA) is 69.6 Å². The maximum Gasteiger partial charge on any atom is 0.306 e. The lowest BCUT2D eigenvalue weighted by Gasteiger charge is -2.30. The molecule has 1 heterocycles. The molecule has 0 bridgehead atoms. The SMILES string of the molecule is O=C(O)C1CCN(C(=O)CNCC2CC2)CC1. The molecule has 2 rings (SSSR count). The number of rotatable bonds is 5. The lowest BCUT2D eigenvalue weighted by atomic mass is 9.97. The van der Waals surface area contributed by atoms with E-state index in [0.29, 0.717) is 32.5 Å². The molecule has 5 heteroatoms. The van der Waals surface area contributed by atoms with Crippen molar-refractivity contribution in [2.24, 2.45) is 11.8 Å². The van der Waals surface area contributed by atoms with Gasteiger partial charge in [-0.15, -0.1) is 0 Å². The molecule has 96 valence electrons. The van der Waals surface area contributed by atoms with E-state index in [2.05, 4.69) is 5.32 Å². The van der Waals surface area contributed by atoms with Gasteiger partial charge in [0.25, 0.3) is 0 Å². The Hall–Kier alpha value is -1.10. The summed E-state index contributed by atoms with van der Waals surface area (Å²) in [5.41, 5.74) is 0. The van der Waals surface area contributed by atoms with Crippen LogP contribution in [0.2, 0.25) is 0 Å². The summed E-state index contributed by atoms with van der Waals surface area (Å²) in [5, 5.41) is 12.0. The molecule has 17 heavy (non-hydrogen) atoms. The summed E-state index contributed by atoms with van der Waals surface area (Å²) in [6.45, 7) is 2.51. The summed E-state index contributed by atoms with van der Waals surface area (Å²) in [5.74, 6) is -0.113. The number of nitrogens with one attached hydrogen (secondary N) is 1. The third-order valence-corrected chi connectivity index (χ3v) is 3.60. The normalized spacial score (nSPS) is 21.5. The fraction of sp³-hybridized carbons (Fsp3) is 0.833. The van der Waals surface area contributed by atoms with E-state index in [9.17, 15) is 9.59 Å². The van der Waals surface area contributed by atoms with Crippen molar-refractivity contribution in [2.45, 2.75) is 25.7 Å². The minimum Gasteiger partial charge on any atom is -0.481 e. The van der Waals surface area contributed by atoms with Crippen LogP contribution in [0, 0.1) is 11.8 Å². The van der Waals surface area contributed by atoms with Crippen LogP contribution in [-0.4, -0.2) is 48.1 Å². The van der Waals surface area contributed by atoms with E-state index in [1.807, 2.05) is 0 Å². The van der Waals surface area contributed by atoms with Crippen LogP contribution in [0.1, 0.15) is 25.7 Å². The quantitative estimate of drug-likeness (QED) is 0.725. The van der Waals surface area contributed by atoms with Crippen LogP contribution in [0.15, 0.2) is 0 Å². The van der Waals surface area contributed by atoms with Crippen molar-refractivity contribution in [3.8, 4) is 0 Å². The Morgan fingerprint density at radius 2 is 1.82 bits per heavy atom. The summed E-state index contributed by atoms with van der Waals surface area (Å²) >= 11 is 0. The van der Waals surface area contributed by atoms with Gasteiger partial charge in [0.15, 0.2) is 0 Å². The lowest BCUT2D eigenvalue weighted by molar-refractivity contribution is -0.145. The summed E-state index contributed by atoms with van der Waals surface area (Å²) in [7, 11) is 0. The van der Waals surface area contributed by atoms with Crippen molar-refractivity contribution in [1.82, 2.24) is 10.2 Å². The highest BCUT2D eigenvalue weighted by molar-refractivity contribution is 5.78. The van der Waals surface area contributed by atoms with Gasteiger partial charge in [-0.3, -0.25) is 9.59 Å². The highest BCUT2D eigenvalue weighted by atomic mass is 16.4. The summed E-state index contributed by atoms with van der Waals surface area (Å²) in [4.78, 5) is 24.3. The number of carboxylic acids is 1. The molecular weight excluding hydrogens is 220 g/mol. The zero-order valence-electron chi connectivity index (χ0n) is 10.0. The number of carbonyl (C=O) groups is 2. The first-order valence-electron chi connectivity index (χ1n) is 6.38. The van der Waals surface area contributed by atoms with E-state index >= 15 is 0 Å². The molecule has 0 aromatic carbocycles. The molecule has 0 unspecified atom stereocenters. The van der Waals surface area contributed by atoms with Crippen LogP contribution in [0.25, 0.3) is 0 Å². The molecule has 1 amide bonds. The Kier molecular flexibility index (Phi) is 3.99. The highest BCUT2D eigenvalue weighted by Gasteiger charge is 2.27. The molecule has 0 aromatic heterocycles. The first kappa shape index (κ1) is 12.4. The molecule has 1 saturated heterocycles. The largest absolute Gasteiger partial charge is 0.481 e. The van der Waals surface area contributed by atoms with Gasteiger partial charge in [-0.05, 0) is 38.1 Å². The van der Waals surface area contributed by atoms with Gasteiger partial charge in [-0.2, -0.15) is 0 Å². The smallest absolute Gasteiger partial charge is 0.306 e. The predicted molar refractivity (Wildman–Crippen MR) is 62.5 cm³/mol. The highest BCUT2D eigenvalue weighted by Crippen LogP contribution is 2.27. The van der Waals surface area contributed by atoms with E-state index in [-0.39, 0.29) is 11.8 Å². The number of likely N-dealkylation sites (tertiary alicyclic amines) is 1. The maximum atomic E-state index is 11.8. The van der Waals surface area contributed by atoms with Crippen LogP contribution in [0.4, 0.5) is 0 Å². The molecule has 2 aliphatic rings. The molecular formula is C12H20N2O3. The summed E-state index contributed by atoms with van der Waals surface area (Å²) in [6.07, 6.45) is 3.74. The number of carbonyl (C=O) groups excluding carboxylic acids is 1. The van der Waals surface area contributed by atoms with Crippen molar-refractivity contribution < 1.29 is 14.7 Å². The number of piperidine rings is 1. The van der Waals surface area contributed by atoms with Gasteiger partial charge in [0, 0.05) is 13.1 Å². The number of hydrogen-bond donors (Lipinski definition) is 2. The van der Waals surface area contributed by atoms with Crippen LogP contribution in [0.3, 0.4) is 0 Å². The molecule has 0 radical (unpaired) electrons. The first-order chi connectivity index (χ1) is 8.16. The second-order valence-electron chi connectivity index (χ2n) is 5.07. The van der Waals surface area contributed by atoms with Gasteiger partial charge < -0.3 is 15.3 Å². The van der Waals surface area contributed by atoms with E-state index in [0.717, 1.165) is 12.5 Å². The first-order valence-corrected chi connectivity index (χ1v) is 6.38. The van der Waals surface area contributed by atoms with Gasteiger partial charge in [0.1, 0.15) is 0 Å². The Morgan fingerprint density at radius 3 is 2.35 bits per heavy atom. The molecule has 0 atom stereocenters. The Balaban J connectivity index is 1.64. The minimum absolute atomic E-state index is 0.106. The number of amides is 1. The molecule has 1 aliphatic carbocycles. The Labute approximate surface area is 101 Å². The number of nitrogens with zero attached hydrogens (tertiary/aromatic N) is 1. The zero-order valence-corrected chi connectivity index (χ0v) is 10.0. The number of hydrogen-bond acceptors (Lipinski definition) is 3. The van der Waals surface area contributed by atoms with Crippen LogP contribution >= 0.6 is 0 Å². The van der Waals surface area contributed by atoms with Gasteiger partial charge in [-0.1, -0.05) is 0 Å². The standard InChI is InChI=1S/C12H20N2O3/c15-11(8-13-7-9-1-2-9)14-5-3-10(4-6-14)12(16)17/h9-10,13H,1-8H2,(H,16,17). The van der Waals surface area contributed by atoms with Crippen molar-refractivity contribution in [1.29, 1.82) is 0 Å². The Morgan fingerprint density at radius 1 is 1.18 bits per heavy atom. The predicted octanol–water partition coefficient (Wildman–Crippen LogP) is 0.309. The fourth-order valence-electron chi connectivity index (χ4n) is 2.19. The Bertz CT molecular complexity index is 294.